The third-order valence-electron chi connectivity index (χ3n) is 16.7. The van der Waals surface area contributed by atoms with Crippen LogP contribution in [-0.2, 0) is 47.9 Å². The van der Waals surface area contributed by atoms with Crippen molar-refractivity contribution in [1.82, 2.24) is 55.6 Å². The number of aliphatic hydroxyl groups excluding tert-OH is 2. The molecular formula is C62H113N11O12. The minimum Gasteiger partial charge on any atom is -0.390 e. The number of rotatable bonds is 15. The van der Waals surface area contributed by atoms with Gasteiger partial charge >= 0.3 is 0 Å². The molecule has 0 spiro atoms. The zero-order chi connectivity index (χ0) is 66.0. The van der Waals surface area contributed by atoms with Gasteiger partial charge < -0.3 is 60.9 Å². The number of hydrogen-bond donors (Lipinski definition) is 6. The number of hydrogen-bond acceptors (Lipinski definition) is 13. The standard InChI is InChI=1S/C62H113N11O12/c1-25-28-29-40(15)52(75)51-56(79)65-43(27-3)58(81)67(18)33-47(74)71(22)50(39(14)26-2)55(78)66-48(37(10)11)61(84)68(19)44(30-34(4)5)54(77)63-41(16)53(76)64-42(17)57(80)69(20)45(31-35(6)7)59(82)70(21)46(32-36(8)9)60(83)72(23)49(38(12)13)62(85)73(51)24/h25,28,34-46,48-52,60,75,83H,26-27,29-33H2,1-24H3,(H,63,77)(H,64,76)(H,65,79)(H,66,78). The lowest BCUT2D eigenvalue weighted by Gasteiger charge is -2.44. The predicted molar refractivity (Wildman–Crippen MR) is 329 cm³/mol. The van der Waals surface area contributed by atoms with Crippen molar-refractivity contribution in [3.63, 3.8) is 0 Å². The number of aliphatic hydroxyl groups is 2. The van der Waals surface area contributed by atoms with E-state index >= 15 is 4.79 Å². The maximum atomic E-state index is 15.2. The van der Waals surface area contributed by atoms with Gasteiger partial charge in [-0.2, -0.15) is 0 Å². The van der Waals surface area contributed by atoms with Crippen LogP contribution >= 0.6 is 0 Å². The first-order chi connectivity index (χ1) is 39.3. The third kappa shape index (κ3) is 21.3. The lowest BCUT2D eigenvalue weighted by molar-refractivity contribution is -0.159. The number of nitrogens with one attached hydrogen (secondary N) is 4. The van der Waals surface area contributed by atoms with E-state index in [0.29, 0.717) is 12.8 Å². The molecule has 1 saturated heterocycles. The summed E-state index contributed by atoms with van der Waals surface area (Å²) in [6, 6.07) is -11.9. The van der Waals surface area contributed by atoms with Gasteiger partial charge in [0.05, 0.1) is 24.7 Å². The van der Waals surface area contributed by atoms with Crippen LogP contribution in [0.1, 0.15) is 156 Å². The molecule has 1 aliphatic rings. The molecule has 6 N–H and O–H groups in total. The Balaban J connectivity index is 4.32. The van der Waals surface area contributed by atoms with Gasteiger partial charge in [-0.3, -0.25) is 52.8 Å². The Morgan fingerprint density at radius 3 is 1.52 bits per heavy atom. The van der Waals surface area contributed by atoms with Crippen LogP contribution in [0.2, 0.25) is 0 Å². The zero-order valence-corrected chi connectivity index (χ0v) is 56.2. The third-order valence-corrected chi connectivity index (χ3v) is 16.7. The highest BCUT2D eigenvalue weighted by Crippen LogP contribution is 2.27. The van der Waals surface area contributed by atoms with Gasteiger partial charge in [0.2, 0.25) is 59.1 Å². The molecule has 0 bridgehead atoms. The summed E-state index contributed by atoms with van der Waals surface area (Å²) in [7, 11) is 10.2. The summed E-state index contributed by atoms with van der Waals surface area (Å²) in [5.41, 5.74) is 0. The number of carbonyl (C=O) groups is 10. The molecule has 1 fully saturated rings. The Morgan fingerprint density at radius 2 is 1.04 bits per heavy atom. The van der Waals surface area contributed by atoms with Crippen LogP contribution < -0.4 is 21.3 Å². The van der Waals surface area contributed by atoms with E-state index in [-0.39, 0.29) is 43.4 Å². The quantitative estimate of drug-likeness (QED) is 0.129. The van der Waals surface area contributed by atoms with Gasteiger partial charge in [0.25, 0.3) is 0 Å². The summed E-state index contributed by atoms with van der Waals surface area (Å²) >= 11 is 0. The van der Waals surface area contributed by atoms with Gasteiger partial charge in [-0.15, -0.1) is 0 Å². The molecule has 1 aliphatic heterocycles. The van der Waals surface area contributed by atoms with Gasteiger partial charge in [0.1, 0.15) is 54.6 Å². The first-order valence-corrected chi connectivity index (χ1v) is 30.8. The molecule has 14 atom stereocenters. The van der Waals surface area contributed by atoms with Crippen LogP contribution in [0.4, 0.5) is 0 Å². The monoisotopic (exact) mass is 1200 g/mol. The molecule has 85 heavy (non-hydrogen) atoms. The highest BCUT2D eigenvalue weighted by Gasteiger charge is 2.46. The fraction of sp³-hybridized carbons (Fsp3) is 0.806. The van der Waals surface area contributed by atoms with Gasteiger partial charge in [-0.25, -0.2) is 0 Å². The molecule has 14 unspecified atom stereocenters. The van der Waals surface area contributed by atoms with Crippen molar-refractivity contribution in [2.45, 2.75) is 229 Å². The van der Waals surface area contributed by atoms with Crippen molar-refractivity contribution in [2.24, 2.45) is 41.4 Å². The molecule has 0 aromatic heterocycles. The van der Waals surface area contributed by atoms with Crippen LogP contribution in [-0.4, -0.2) is 232 Å². The smallest absolute Gasteiger partial charge is 0.246 e. The van der Waals surface area contributed by atoms with Gasteiger partial charge in [-0.05, 0) is 101 Å². The van der Waals surface area contributed by atoms with E-state index in [2.05, 4.69) is 21.3 Å². The van der Waals surface area contributed by atoms with Crippen LogP contribution in [0, 0.1) is 41.4 Å². The molecule has 23 nitrogen and oxygen atoms in total. The van der Waals surface area contributed by atoms with E-state index in [1.807, 2.05) is 61.5 Å². The summed E-state index contributed by atoms with van der Waals surface area (Å²) in [4.78, 5) is 154. The van der Waals surface area contributed by atoms with Crippen molar-refractivity contribution >= 4 is 59.1 Å². The fourth-order valence-electron chi connectivity index (χ4n) is 11.0. The summed E-state index contributed by atoms with van der Waals surface area (Å²) < 4.78 is 0. The minimum atomic E-state index is -1.58. The number of allylic oxidation sites excluding steroid dienone is 2. The van der Waals surface area contributed by atoms with Crippen molar-refractivity contribution in [3.8, 4) is 0 Å². The van der Waals surface area contributed by atoms with E-state index in [1.165, 1.54) is 87.7 Å². The largest absolute Gasteiger partial charge is 0.390 e. The highest BCUT2D eigenvalue weighted by atomic mass is 16.3. The lowest BCUT2D eigenvalue weighted by atomic mass is 9.91. The van der Waals surface area contributed by atoms with E-state index in [1.54, 1.807) is 54.5 Å². The van der Waals surface area contributed by atoms with Crippen molar-refractivity contribution in [1.29, 1.82) is 0 Å². The zero-order valence-electron chi connectivity index (χ0n) is 56.2. The Labute approximate surface area is 509 Å². The second-order valence-electron chi connectivity index (χ2n) is 26.0. The Kier molecular flexibility index (Phi) is 32.0. The maximum absolute atomic E-state index is 15.2. The average molecular weight is 1200 g/mol. The Morgan fingerprint density at radius 1 is 0.529 bits per heavy atom. The number of carbonyl (C=O) groups excluding carboxylic acids is 10. The predicted octanol–water partition coefficient (Wildman–Crippen LogP) is 3.06. The first kappa shape index (κ1) is 77.3. The molecule has 0 aliphatic carbocycles. The number of nitrogens with zero attached hydrogens (tertiary/aromatic N) is 7. The average Bonchev–Trinajstić information content (AvgIpc) is 3.49. The van der Waals surface area contributed by atoms with Gasteiger partial charge in [-0.1, -0.05) is 116 Å². The fourth-order valence-corrected chi connectivity index (χ4v) is 11.0. The molecule has 23 heteroatoms. The van der Waals surface area contributed by atoms with E-state index in [0.717, 1.165) is 9.80 Å². The molecule has 0 aromatic rings. The molecule has 1 rings (SSSR count). The van der Waals surface area contributed by atoms with Gasteiger partial charge in [0, 0.05) is 42.3 Å². The lowest BCUT2D eigenvalue weighted by Crippen LogP contribution is -2.64. The van der Waals surface area contributed by atoms with Crippen LogP contribution in [0.25, 0.3) is 0 Å². The summed E-state index contributed by atoms with van der Waals surface area (Å²) in [5.74, 6) is -9.04. The molecule has 488 valence electrons. The van der Waals surface area contributed by atoms with E-state index in [4.69, 9.17) is 0 Å². The summed E-state index contributed by atoms with van der Waals surface area (Å²) in [6.07, 6.45) is 2.01. The minimum absolute atomic E-state index is 0.0340. The number of amides is 10. The summed E-state index contributed by atoms with van der Waals surface area (Å²) in [5, 5.41) is 35.7. The summed E-state index contributed by atoms with van der Waals surface area (Å²) in [6.45, 7) is 29.5. The molecule has 1 heterocycles. The van der Waals surface area contributed by atoms with E-state index in [9.17, 15) is 53.4 Å². The normalized spacial score (nSPS) is 28.3. The Hall–Kier alpha value is -5.68. The SMILES string of the molecule is CC=CCC(C)C(O)C1C(=O)NC(CC)C(=O)N(C)CC(=O)N(C)C(C(C)CC)C(=O)NC(C(C)C)C(=O)N(C)C(CC(C)C)C(=O)NC(C)C(=O)NC(C)C(=O)N(C)C(CC(C)C)C(=O)N(C)C(CC(C)C)C(O)N(C)C(C(C)C)C(=O)N1C. The van der Waals surface area contributed by atoms with Gasteiger partial charge in [0.15, 0.2) is 0 Å². The molecule has 10 amide bonds. The molecule has 0 saturated carbocycles. The van der Waals surface area contributed by atoms with Crippen LogP contribution in [0.15, 0.2) is 12.2 Å². The van der Waals surface area contributed by atoms with E-state index < -0.39 is 162 Å². The number of likely N-dealkylation sites (N-methyl/N-ethyl adjacent to an activating group) is 7. The highest BCUT2D eigenvalue weighted by molar-refractivity contribution is 5.98. The second-order valence-corrected chi connectivity index (χ2v) is 26.0. The van der Waals surface area contributed by atoms with Crippen molar-refractivity contribution in [2.75, 3.05) is 55.9 Å². The maximum Gasteiger partial charge on any atom is 0.246 e. The molecule has 0 radical (unpaired) electrons. The molecule has 0 aromatic carbocycles. The first-order valence-electron chi connectivity index (χ1n) is 30.8. The van der Waals surface area contributed by atoms with Crippen molar-refractivity contribution in [3.05, 3.63) is 12.2 Å². The van der Waals surface area contributed by atoms with Crippen LogP contribution in [0.3, 0.4) is 0 Å². The van der Waals surface area contributed by atoms with Crippen LogP contribution in [0.5, 0.6) is 0 Å². The topological polar surface area (TPSA) is 282 Å². The Bertz CT molecular complexity index is 2280. The molecular weight excluding hydrogens is 1090 g/mol. The second kappa shape index (κ2) is 35.2. The van der Waals surface area contributed by atoms with Crippen molar-refractivity contribution < 1.29 is 58.2 Å².